The first-order valence-electron chi connectivity index (χ1n) is 7.12. The molecule has 1 aliphatic carbocycles. The van der Waals surface area contributed by atoms with E-state index in [2.05, 4.69) is 0 Å². The van der Waals surface area contributed by atoms with E-state index in [0.717, 1.165) is 34.4 Å². The van der Waals surface area contributed by atoms with Crippen LogP contribution in [-0.2, 0) is 16.0 Å². The lowest BCUT2D eigenvalue weighted by Gasteiger charge is -2.09. The van der Waals surface area contributed by atoms with Gasteiger partial charge in [-0.3, -0.25) is 0 Å². The molecule has 3 rings (SSSR count). The second-order valence-corrected chi connectivity index (χ2v) is 5.27. The summed E-state index contributed by atoms with van der Waals surface area (Å²) in [6, 6.07) is 11.8. The van der Waals surface area contributed by atoms with Crippen molar-refractivity contribution in [1.29, 1.82) is 0 Å². The number of carboxylic acid groups (broad SMARTS) is 2. The Hall–Kier alpha value is -3.14. The van der Waals surface area contributed by atoms with Crippen LogP contribution in [0.15, 0.2) is 48.6 Å². The van der Waals surface area contributed by atoms with Gasteiger partial charge in [-0.15, -0.1) is 0 Å². The van der Waals surface area contributed by atoms with Crippen LogP contribution >= 0.6 is 0 Å². The number of carboxylic acids is 2. The van der Waals surface area contributed by atoms with Crippen LogP contribution in [0.3, 0.4) is 0 Å². The lowest BCUT2D eigenvalue weighted by molar-refractivity contribution is -0.132. The van der Waals surface area contributed by atoms with Crippen LogP contribution in [0.1, 0.15) is 22.3 Å². The van der Waals surface area contributed by atoms with Gasteiger partial charge in [0.2, 0.25) is 0 Å². The van der Waals surface area contributed by atoms with E-state index in [1.165, 1.54) is 17.7 Å². The zero-order valence-electron chi connectivity index (χ0n) is 12.2. The van der Waals surface area contributed by atoms with Gasteiger partial charge in [0.25, 0.3) is 0 Å². The minimum absolute atomic E-state index is 0.691. The Kier molecular flexibility index (Phi) is 3.81. The van der Waals surface area contributed by atoms with Crippen molar-refractivity contribution < 1.29 is 19.8 Å². The molecule has 114 valence electrons. The van der Waals surface area contributed by atoms with Crippen molar-refractivity contribution in [3.63, 3.8) is 0 Å². The number of benzene rings is 2. The van der Waals surface area contributed by atoms with Crippen molar-refractivity contribution >= 4 is 24.1 Å². The molecule has 0 bridgehead atoms. The number of aliphatic carboxylic acids is 2. The van der Waals surface area contributed by atoms with E-state index in [-0.39, 0.29) is 0 Å². The molecule has 0 unspecified atom stereocenters. The predicted octanol–water partition coefficient (Wildman–Crippen LogP) is 3.45. The van der Waals surface area contributed by atoms with Gasteiger partial charge < -0.3 is 10.2 Å². The fraction of sp³-hybridized carbons (Fsp3) is 0.0526. The quantitative estimate of drug-likeness (QED) is 0.724. The molecule has 0 heterocycles. The first-order chi connectivity index (χ1) is 11.1. The molecule has 2 aromatic rings. The Morgan fingerprint density at radius 1 is 0.870 bits per heavy atom. The molecular weight excluding hydrogens is 292 g/mol. The zero-order valence-corrected chi connectivity index (χ0v) is 12.2. The van der Waals surface area contributed by atoms with Crippen LogP contribution in [0.5, 0.6) is 0 Å². The fourth-order valence-electron chi connectivity index (χ4n) is 2.91. The van der Waals surface area contributed by atoms with E-state index < -0.39 is 11.9 Å². The molecule has 0 fully saturated rings. The van der Waals surface area contributed by atoms with Crippen LogP contribution in [0, 0.1) is 0 Å². The van der Waals surface area contributed by atoms with Gasteiger partial charge in [0, 0.05) is 12.2 Å². The maximum atomic E-state index is 10.9. The summed E-state index contributed by atoms with van der Waals surface area (Å²) in [5.41, 5.74) is 5.86. The highest BCUT2D eigenvalue weighted by molar-refractivity contribution is 5.92. The lowest BCUT2D eigenvalue weighted by atomic mass is 9.95. The van der Waals surface area contributed by atoms with Crippen molar-refractivity contribution in [3.8, 4) is 11.1 Å². The van der Waals surface area contributed by atoms with Crippen LogP contribution in [0.25, 0.3) is 23.3 Å². The topological polar surface area (TPSA) is 74.6 Å². The highest BCUT2D eigenvalue weighted by Crippen LogP contribution is 2.40. The summed E-state index contributed by atoms with van der Waals surface area (Å²) in [5, 5.41) is 17.7. The number of fused-ring (bicyclic) bond motifs is 3. The Balaban J connectivity index is 2.16. The van der Waals surface area contributed by atoms with Crippen molar-refractivity contribution in [2.24, 2.45) is 0 Å². The van der Waals surface area contributed by atoms with Crippen molar-refractivity contribution in [1.82, 2.24) is 0 Å². The molecule has 0 aromatic heterocycles. The SMILES string of the molecule is O=C(O)C=Cc1ccc2c(c1C=CC(=O)O)Cc1ccccc1-2. The minimum atomic E-state index is -1.04. The third-order valence-electron chi connectivity index (χ3n) is 3.86. The molecule has 0 saturated heterocycles. The molecule has 0 spiro atoms. The number of hydrogen-bond acceptors (Lipinski definition) is 2. The molecule has 23 heavy (non-hydrogen) atoms. The van der Waals surface area contributed by atoms with Gasteiger partial charge in [0.1, 0.15) is 0 Å². The van der Waals surface area contributed by atoms with E-state index in [1.54, 1.807) is 0 Å². The highest BCUT2D eigenvalue weighted by atomic mass is 16.4. The summed E-state index contributed by atoms with van der Waals surface area (Å²) >= 11 is 0. The van der Waals surface area contributed by atoms with Crippen LogP contribution < -0.4 is 0 Å². The Bertz CT molecular complexity index is 860. The molecule has 0 aliphatic heterocycles. The number of hydrogen-bond donors (Lipinski definition) is 2. The van der Waals surface area contributed by atoms with E-state index in [4.69, 9.17) is 10.2 Å². The second-order valence-electron chi connectivity index (χ2n) is 5.27. The maximum Gasteiger partial charge on any atom is 0.328 e. The Morgan fingerprint density at radius 3 is 2.30 bits per heavy atom. The molecule has 0 amide bonds. The van der Waals surface area contributed by atoms with Gasteiger partial charge in [0.15, 0.2) is 0 Å². The average molecular weight is 306 g/mol. The fourth-order valence-corrected chi connectivity index (χ4v) is 2.91. The smallest absolute Gasteiger partial charge is 0.328 e. The maximum absolute atomic E-state index is 10.9. The molecule has 0 saturated carbocycles. The summed E-state index contributed by atoms with van der Waals surface area (Å²) in [7, 11) is 0. The summed E-state index contributed by atoms with van der Waals surface area (Å²) in [6.45, 7) is 0. The molecule has 4 heteroatoms. The van der Waals surface area contributed by atoms with E-state index in [1.807, 2.05) is 36.4 Å². The van der Waals surface area contributed by atoms with E-state index >= 15 is 0 Å². The highest BCUT2D eigenvalue weighted by Gasteiger charge is 2.21. The monoisotopic (exact) mass is 306 g/mol. The normalized spacial score (nSPS) is 12.5. The first kappa shape index (κ1) is 14.8. The molecule has 0 radical (unpaired) electrons. The van der Waals surface area contributed by atoms with Gasteiger partial charge >= 0.3 is 11.9 Å². The summed E-state index contributed by atoms with van der Waals surface area (Å²) in [6.07, 6.45) is 5.87. The first-order valence-corrected chi connectivity index (χ1v) is 7.12. The molecule has 2 aromatic carbocycles. The summed E-state index contributed by atoms with van der Waals surface area (Å²) in [4.78, 5) is 21.6. The van der Waals surface area contributed by atoms with Crippen LogP contribution in [0.4, 0.5) is 0 Å². The zero-order chi connectivity index (χ0) is 16.4. The van der Waals surface area contributed by atoms with Gasteiger partial charge in [-0.05, 0) is 52.0 Å². The Morgan fingerprint density at radius 2 is 1.57 bits per heavy atom. The van der Waals surface area contributed by atoms with Crippen molar-refractivity contribution in [2.45, 2.75) is 6.42 Å². The summed E-state index contributed by atoms with van der Waals surface area (Å²) < 4.78 is 0. The Labute approximate surface area is 133 Å². The average Bonchev–Trinajstić information content (AvgIpc) is 2.89. The molecule has 2 N–H and O–H groups in total. The van der Waals surface area contributed by atoms with Gasteiger partial charge in [-0.2, -0.15) is 0 Å². The van der Waals surface area contributed by atoms with Crippen molar-refractivity contribution in [2.75, 3.05) is 0 Å². The molecule has 4 nitrogen and oxygen atoms in total. The van der Waals surface area contributed by atoms with E-state index in [0.29, 0.717) is 12.0 Å². The van der Waals surface area contributed by atoms with Gasteiger partial charge in [-0.25, -0.2) is 9.59 Å². The summed E-state index contributed by atoms with van der Waals surface area (Å²) in [5.74, 6) is -2.08. The van der Waals surface area contributed by atoms with Gasteiger partial charge in [-0.1, -0.05) is 36.4 Å². The lowest BCUT2D eigenvalue weighted by Crippen LogP contribution is -1.94. The third-order valence-corrected chi connectivity index (χ3v) is 3.86. The van der Waals surface area contributed by atoms with Crippen LogP contribution in [-0.4, -0.2) is 22.2 Å². The van der Waals surface area contributed by atoms with Gasteiger partial charge in [0.05, 0.1) is 0 Å². The van der Waals surface area contributed by atoms with Crippen LogP contribution in [0.2, 0.25) is 0 Å². The largest absolute Gasteiger partial charge is 0.478 e. The third kappa shape index (κ3) is 2.92. The number of carbonyl (C=O) groups is 2. The standard InChI is InChI=1S/C19H14O4/c20-18(21)9-6-12-5-7-16-14-4-2-1-3-13(14)11-17(16)15(12)8-10-19(22)23/h1-10H,11H2,(H,20,21)(H,22,23). The van der Waals surface area contributed by atoms with E-state index in [9.17, 15) is 9.59 Å². The predicted molar refractivity (Wildman–Crippen MR) is 88.0 cm³/mol. The molecule has 1 aliphatic rings. The molecular formula is C19H14O4. The number of rotatable bonds is 4. The second kappa shape index (κ2) is 5.93. The van der Waals surface area contributed by atoms with Crippen molar-refractivity contribution in [3.05, 3.63) is 70.8 Å². The molecule has 0 atom stereocenters. The minimum Gasteiger partial charge on any atom is -0.478 e.